The first-order chi connectivity index (χ1) is 9.57. The quantitative estimate of drug-likeness (QED) is 0.838. The van der Waals surface area contributed by atoms with E-state index in [0.717, 1.165) is 6.07 Å². The van der Waals surface area contributed by atoms with Crippen LogP contribution >= 0.6 is 0 Å². The van der Waals surface area contributed by atoms with Gasteiger partial charge in [-0.2, -0.15) is 13.2 Å². The van der Waals surface area contributed by atoms with Gasteiger partial charge in [0.1, 0.15) is 0 Å². The van der Waals surface area contributed by atoms with Gasteiger partial charge in [-0.1, -0.05) is 30.3 Å². The molecule has 20 heavy (non-hydrogen) atoms. The summed E-state index contributed by atoms with van der Waals surface area (Å²) < 4.78 is 44.7. The van der Waals surface area contributed by atoms with Crippen LogP contribution in [0.1, 0.15) is 5.56 Å². The fourth-order valence-corrected chi connectivity index (χ4v) is 2.26. The summed E-state index contributed by atoms with van der Waals surface area (Å²) in [4.78, 5) is 0. The zero-order valence-electron chi connectivity index (χ0n) is 10.4. The third kappa shape index (κ3) is 2.19. The number of hydrogen-bond donors (Lipinski definition) is 1. The Morgan fingerprint density at radius 1 is 0.950 bits per heavy atom. The Balaban J connectivity index is 2.20. The van der Waals surface area contributed by atoms with E-state index in [-0.39, 0.29) is 5.56 Å². The monoisotopic (exact) mass is 278 g/mol. The summed E-state index contributed by atoms with van der Waals surface area (Å²) >= 11 is 0. The average Bonchev–Trinajstić information content (AvgIpc) is 2.46. The van der Waals surface area contributed by atoms with Crippen LogP contribution in [0, 0.1) is 6.61 Å². The minimum absolute atomic E-state index is 0.119. The number of halogens is 3. The number of nitrogens with one attached hydrogen (secondary N) is 1. The highest BCUT2D eigenvalue weighted by Crippen LogP contribution is 2.43. The molecule has 1 aliphatic rings. The molecule has 0 atom stereocenters. The topological polar surface area (TPSA) is 21.3 Å². The van der Waals surface area contributed by atoms with E-state index in [4.69, 9.17) is 4.74 Å². The first-order valence-electron chi connectivity index (χ1n) is 6.09. The van der Waals surface area contributed by atoms with Gasteiger partial charge < -0.3 is 10.1 Å². The van der Waals surface area contributed by atoms with Crippen LogP contribution in [0.15, 0.2) is 42.5 Å². The van der Waals surface area contributed by atoms with E-state index in [9.17, 15) is 13.2 Å². The van der Waals surface area contributed by atoms with Crippen LogP contribution < -0.4 is 10.1 Å². The molecule has 1 aliphatic heterocycles. The summed E-state index contributed by atoms with van der Waals surface area (Å²) in [6, 6.07) is 10.6. The molecule has 2 aromatic rings. The van der Waals surface area contributed by atoms with Crippen LogP contribution in [-0.2, 0) is 6.18 Å². The molecule has 0 saturated heterocycles. The molecule has 0 aromatic heterocycles. The highest BCUT2D eigenvalue weighted by Gasteiger charge is 2.34. The number of ether oxygens (including phenoxy) is 1. The molecule has 5 heteroatoms. The van der Waals surface area contributed by atoms with Crippen molar-refractivity contribution in [1.29, 1.82) is 0 Å². The van der Waals surface area contributed by atoms with Gasteiger partial charge in [-0.05, 0) is 17.7 Å². The van der Waals surface area contributed by atoms with Crippen LogP contribution in [0.3, 0.4) is 0 Å². The van der Waals surface area contributed by atoms with Crippen molar-refractivity contribution in [1.82, 2.24) is 0 Å². The smallest absolute Gasteiger partial charge is 0.417 e. The van der Waals surface area contributed by atoms with Gasteiger partial charge in [0.05, 0.1) is 17.8 Å². The average molecular weight is 278 g/mol. The molecule has 0 fully saturated rings. The summed E-state index contributed by atoms with van der Waals surface area (Å²) in [5.74, 6) is 0.426. The predicted octanol–water partition coefficient (Wildman–Crippen LogP) is 4.34. The number of benzene rings is 2. The number of fused-ring (bicyclic) bond motifs is 1. The Kier molecular flexibility index (Phi) is 3.04. The maximum absolute atomic E-state index is 13.1. The first kappa shape index (κ1) is 12.8. The molecule has 0 unspecified atom stereocenters. The number of rotatable bonds is 1. The Hall–Kier alpha value is -2.17. The van der Waals surface area contributed by atoms with Crippen molar-refractivity contribution in [2.45, 2.75) is 6.18 Å². The first-order valence-corrected chi connectivity index (χ1v) is 6.09. The van der Waals surface area contributed by atoms with Crippen molar-refractivity contribution >= 4 is 5.69 Å². The second-order valence-corrected chi connectivity index (χ2v) is 4.39. The van der Waals surface area contributed by atoms with Crippen molar-refractivity contribution < 1.29 is 17.9 Å². The fraction of sp³-hybridized carbons (Fsp3) is 0.133. The van der Waals surface area contributed by atoms with E-state index < -0.39 is 11.7 Å². The maximum Gasteiger partial charge on any atom is 0.417 e. The number of alkyl halides is 3. The summed E-state index contributed by atoms with van der Waals surface area (Å²) in [5, 5.41) is 3.07. The lowest BCUT2D eigenvalue weighted by molar-refractivity contribution is -0.137. The van der Waals surface area contributed by atoms with Crippen LogP contribution in [0.4, 0.5) is 18.9 Å². The largest absolute Gasteiger partial charge is 0.482 e. The molecule has 103 valence electrons. The van der Waals surface area contributed by atoms with Gasteiger partial charge in [-0.3, -0.25) is 0 Å². The Bertz CT molecular complexity index is 637. The Labute approximate surface area is 114 Å². The van der Waals surface area contributed by atoms with E-state index in [0.29, 0.717) is 23.5 Å². The van der Waals surface area contributed by atoms with E-state index in [1.54, 1.807) is 24.3 Å². The van der Waals surface area contributed by atoms with Gasteiger partial charge in [-0.15, -0.1) is 0 Å². The standard InChI is InChI=1S/C15H11F3NO/c16-15(17,18)12-6-2-1-4-10(12)11-5-3-7-13-14(11)20-9-8-19-13/h1-7,9,19H,8H2. The molecule has 1 heterocycles. The molecule has 0 saturated carbocycles. The molecule has 0 amide bonds. The molecule has 0 spiro atoms. The van der Waals surface area contributed by atoms with Gasteiger partial charge in [0, 0.05) is 5.56 Å². The second-order valence-electron chi connectivity index (χ2n) is 4.39. The summed E-state index contributed by atoms with van der Waals surface area (Å²) in [7, 11) is 0. The lowest BCUT2D eigenvalue weighted by atomic mass is 9.97. The van der Waals surface area contributed by atoms with Gasteiger partial charge in [-0.25, -0.2) is 0 Å². The lowest BCUT2D eigenvalue weighted by Crippen LogP contribution is -2.14. The molecule has 3 rings (SSSR count). The van der Waals surface area contributed by atoms with Gasteiger partial charge in [0.15, 0.2) is 12.4 Å². The van der Waals surface area contributed by atoms with Crippen molar-refractivity contribution in [2.24, 2.45) is 0 Å². The molecular formula is C15H11F3NO. The highest BCUT2D eigenvalue weighted by atomic mass is 19.4. The van der Waals surface area contributed by atoms with Gasteiger partial charge in [0.25, 0.3) is 0 Å². The van der Waals surface area contributed by atoms with Crippen molar-refractivity contribution in [3.63, 3.8) is 0 Å². The molecule has 0 bridgehead atoms. The lowest BCUT2D eigenvalue weighted by Gasteiger charge is -2.22. The van der Waals surface area contributed by atoms with Crippen molar-refractivity contribution in [2.75, 3.05) is 11.9 Å². The molecule has 1 radical (unpaired) electrons. The second kappa shape index (κ2) is 4.74. The van der Waals surface area contributed by atoms with Crippen molar-refractivity contribution in [3.05, 3.63) is 54.6 Å². The minimum atomic E-state index is -4.40. The van der Waals surface area contributed by atoms with Crippen LogP contribution in [0.5, 0.6) is 5.75 Å². The minimum Gasteiger partial charge on any atom is -0.482 e. The van der Waals surface area contributed by atoms with Gasteiger partial charge >= 0.3 is 6.18 Å². The summed E-state index contributed by atoms with van der Waals surface area (Å²) in [5.41, 5.74) is 0.581. The van der Waals surface area contributed by atoms with E-state index in [1.165, 1.54) is 18.7 Å². The molecule has 2 aromatic carbocycles. The highest BCUT2D eigenvalue weighted by molar-refractivity contribution is 5.81. The third-order valence-electron chi connectivity index (χ3n) is 3.11. The van der Waals surface area contributed by atoms with Crippen LogP contribution in [0.25, 0.3) is 11.1 Å². The van der Waals surface area contributed by atoms with E-state index in [1.807, 2.05) is 0 Å². The zero-order chi connectivity index (χ0) is 14.2. The van der Waals surface area contributed by atoms with Crippen LogP contribution in [0.2, 0.25) is 0 Å². The van der Waals surface area contributed by atoms with Crippen LogP contribution in [-0.4, -0.2) is 6.54 Å². The number of anilines is 1. The van der Waals surface area contributed by atoms with Gasteiger partial charge in [0.2, 0.25) is 0 Å². The SMILES string of the molecule is FC(F)(F)c1ccccc1-c1cccc2c1O[CH]CN2. The normalized spacial score (nSPS) is 14.2. The third-order valence-corrected chi connectivity index (χ3v) is 3.11. The van der Waals surface area contributed by atoms with E-state index in [2.05, 4.69) is 5.32 Å². The number of para-hydroxylation sites is 1. The van der Waals surface area contributed by atoms with Crippen molar-refractivity contribution in [3.8, 4) is 16.9 Å². The molecular weight excluding hydrogens is 267 g/mol. The molecule has 0 aliphatic carbocycles. The summed E-state index contributed by atoms with van der Waals surface area (Å²) in [6.45, 7) is 2.05. The number of hydrogen-bond acceptors (Lipinski definition) is 2. The zero-order valence-corrected chi connectivity index (χ0v) is 10.4. The fourth-order valence-electron chi connectivity index (χ4n) is 2.26. The molecule has 2 nitrogen and oxygen atoms in total. The summed E-state index contributed by atoms with van der Waals surface area (Å²) in [6.07, 6.45) is -4.40. The predicted molar refractivity (Wildman–Crippen MR) is 70.3 cm³/mol. The van der Waals surface area contributed by atoms with E-state index >= 15 is 0 Å². The maximum atomic E-state index is 13.1. The molecule has 1 N–H and O–H groups in total. The Morgan fingerprint density at radius 2 is 1.70 bits per heavy atom. The Morgan fingerprint density at radius 3 is 2.50 bits per heavy atom.